The first-order chi connectivity index (χ1) is 12.5. The van der Waals surface area contributed by atoms with E-state index in [1.807, 2.05) is 0 Å². The van der Waals surface area contributed by atoms with Crippen LogP contribution in [0, 0.1) is 11.8 Å². The van der Waals surface area contributed by atoms with E-state index in [4.69, 9.17) is 4.74 Å². The Morgan fingerprint density at radius 3 is 1.96 bits per heavy atom. The van der Waals surface area contributed by atoms with E-state index in [1.54, 1.807) is 0 Å². The molecule has 0 saturated heterocycles. The lowest BCUT2D eigenvalue weighted by Crippen LogP contribution is -2.28. The second kappa shape index (κ2) is 8.68. The summed E-state index contributed by atoms with van der Waals surface area (Å²) in [6, 6.07) is 0. The minimum Gasteiger partial charge on any atom is -0.378 e. The van der Waals surface area contributed by atoms with Crippen molar-refractivity contribution in [2.75, 3.05) is 6.61 Å². The number of rotatable bonds is 5. The van der Waals surface area contributed by atoms with Crippen molar-refractivity contribution in [1.82, 2.24) is 9.97 Å². The molecule has 0 aromatic carbocycles. The van der Waals surface area contributed by atoms with Gasteiger partial charge in [0.2, 0.25) is 5.82 Å². The lowest BCUT2D eigenvalue weighted by Gasteiger charge is -2.37. The lowest BCUT2D eigenvalue weighted by molar-refractivity contribution is -0.145. The Labute approximate surface area is 153 Å². The Morgan fingerprint density at radius 2 is 1.46 bits per heavy atom. The Hall–Kier alpha value is -1.17. The normalized spacial score (nSPS) is 30.3. The van der Waals surface area contributed by atoms with E-state index in [0.29, 0.717) is 12.0 Å². The first-order valence-electron chi connectivity index (χ1n) is 9.98. The average Bonchev–Trinajstić information content (AvgIpc) is 2.66. The third-order valence-electron chi connectivity index (χ3n) is 6.11. The molecular weight excluding hydrogens is 341 g/mol. The van der Waals surface area contributed by atoms with E-state index >= 15 is 0 Å². The summed E-state index contributed by atoms with van der Waals surface area (Å²) in [5, 5.41) is 0. The van der Waals surface area contributed by atoms with Gasteiger partial charge in [0.15, 0.2) is 0 Å². The number of hydrogen-bond acceptors (Lipinski definition) is 3. The van der Waals surface area contributed by atoms with Crippen molar-refractivity contribution in [3.05, 3.63) is 23.8 Å². The van der Waals surface area contributed by atoms with Crippen LogP contribution in [0.4, 0.5) is 13.2 Å². The number of halogens is 3. The molecule has 0 N–H and O–H groups in total. The molecule has 1 aromatic rings. The molecule has 3 nitrogen and oxygen atoms in total. The summed E-state index contributed by atoms with van der Waals surface area (Å²) >= 11 is 0. The molecule has 2 aliphatic carbocycles. The smallest absolute Gasteiger partial charge is 0.378 e. The van der Waals surface area contributed by atoms with Gasteiger partial charge in [0.25, 0.3) is 0 Å². The molecule has 0 amide bonds. The molecule has 2 saturated carbocycles. The Morgan fingerprint density at radius 1 is 0.923 bits per heavy atom. The lowest BCUT2D eigenvalue weighted by atomic mass is 9.70. The number of aromatic nitrogens is 2. The summed E-state index contributed by atoms with van der Waals surface area (Å²) < 4.78 is 43.6. The highest BCUT2D eigenvalue weighted by atomic mass is 19.4. The van der Waals surface area contributed by atoms with Gasteiger partial charge in [-0.05, 0) is 81.1 Å². The van der Waals surface area contributed by atoms with Crippen molar-refractivity contribution >= 4 is 0 Å². The zero-order chi connectivity index (χ0) is 18.6. The number of nitrogens with zero attached hydrogens (tertiary/aromatic N) is 2. The van der Waals surface area contributed by atoms with Gasteiger partial charge in [0.1, 0.15) is 0 Å². The van der Waals surface area contributed by atoms with E-state index in [2.05, 4.69) is 16.9 Å². The molecule has 0 bridgehead atoms. The third kappa shape index (κ3) is 4.96. The van der Waals surface area contributed by atoms with E-state index in [9.17, 15) is 13.2 Å². The predicted molar refractivity (Wildman–Crippen MR) is 93.7 cm³/mol. The quantitative estimate of drug-likeness (QED) is 0.661. The maximum atomic E-state index is 12.6. The summed E-state index contributed by atoms with van der Waals surface area (Å²) in [5.74, 6) is 0.810. The molecule has 26 heavy (non-hydrogen) atoms. The van der Waals surface area contributed by atoms with E-state index < -0.39 is 12.0 Å². The highest BCUT2D eigenvalue weighted by molar-refractivity contribution is 5.13. The van der Waals surface area contributed by atoms with Gasteiger partial charge in [-0.15, -0.1) is 0 Å². The Balaban J connectivity index is 1.46. The van der Waals surface area contributed by atoms with E-state index in [0.717, 1.165) is 56.1 Å². The van der Waals surface area contributed by atoms with Crippen molar-refractivity contribution in [3.8, 4) is 0 Å². The number of hydrogen-bond donors (Lipinski definition) is 0. The van der Waals surface area contributed by atoms with Gasteiger partial charge in [-0.25, -0.2) is 9.97 Å². The molecule has 0 spiro atoms. The van der Waals surface area contributed by atoms with Crippen molar-refractivity contribution in [3.63, 3.8) is 0 Å². The predicted octanol–water partition coefficient (Wildman–Crippen LogP) is 5.75. The molecule has 2 aliphatic rings. The fourth-order valence-electron chi connectivity index (χ4n) is 4.63. The molecule has 0 atom stereocenters. The summed E-state index contributed by atoms with van der Waals surface area (Å²) in [6.45, 7) is 3.02. The minimum absolute atomic E-state index is 0.303. The summed E-state index contributed by atoms with van der Waals surface area (Å²) in [5.41, 5.74) is 0.855. The van der Waals surface area contributed by atoms with Crippen LogP contribution in [0.15, 0.2) is 12.4 Å². The Kier molecular flexibility index (Phi) is 6.54. The number of ether oxygens (including phenoxy) is 1. The molecule has 0 radical (unpaired) electrons. The van der Waals surface area contributed by atoms with Crippen LogP contribution in [0.2, 0.25) is 0 Å². The molecule has 2 fully saturated rings. The van der Waals surface area contributed by atoms with Gasteiger partial charge < -0.3 is 4.74 Å². The number of alkyl halides is 3. The van der Waals surface area contributed by atoms with Gasteiger partial charge >= 0.3 is 6.18 Å². The fourth-order valence-corrected chi connectivity index (χ4v) is 4.63. The van der Waals surface area contributed by atoms with Crippen LogP contribution in [-0.4, -0.2) is 22.7 Å². The summed E-state index contributed by atoms with van der Waals surface area (Å²) in [7, 11) is 0. The molecule has 1 heterocycles. The summed E-state index contributed by atoms with van der Waals surface area (Å²) in [4.78, 5) is 7.03. The van der Waals surface area contributed by atoms with Crippen molar-refractivity contribution in [2.45, 2.75) is 82.9 Å². The molecule has 3 rings (SSSR count). The maximum Gasteiger partial charge on any atom is 0.451 e. The standard InChI is InChI=1S/C20H29F3N2O/c1-2-11-26-18-9-7-15(8-10-18)14-3-5-16(6-4-14)17-12-24-19(25-13-17)20(21,22)23/h12-16,18H,2-11H2,1H3. The minimum atomic E-state index is -4.46. The molecule has 1 aromatic heterocycles. The van der Waals surface area contributed by atoms with Crippen LogP contribution in [0.5, 0.6) is 0 Å². The summed E-state index contributed by atoms with van der Waals surface area (Å²) in [6.07, 6.45) is 9.08. The molecular formula is C20H29F3N2O. The third-order valence-corrected chi connectivity index (χ3v) is 6.11. The first kappa shape index (κ1) is 19.6. The molecule has 6 heteroatoms. The van der Waals surface area contributed by atoms with Crippen LogP contribution in [0.25, 0.3) is 0 Å². The molecule has 0 aliphatic heterocycles. The average molecular weight is 370 g/mol. The zero-order valence-corrected chi connectivity index (χ0v) is 15.5. The van der Waals surface area contributed by atoms with Gasteiger partial charge in [0, 0.05) is 19.0 Å². The van der Waals surface area contributed by atoms with Gasteiger partial charge in [-0.2, -0.15) is 13.2 Å². The van der Waals surface area contributed by atoms with Crippen molar-refractivity contribution < 1.29 is 17.9 Å². The molecule has 146 valence electrons. The topological polar surface area (TPSA) is 35.0 Å². The highest BCUT2D eigenvalue weighted by Gasteiger charge is 2.35. The largest absolute Gasteiger partial charge is 0.451 e. The first-order valence-corrected chi connectivity index (χ1v) is 9.98. The molecule has 0 unspecified atom stereocenters. The van der Waals surface area contributed by atoms with Crippen LogP contribution in [0.1, 0.15) is 82.0 Å². The van der Waals surface area contributed by atoms with E-state index in [1.165, 1.54) is 38.1 Å². The van der Waals surface area contributed by atoms with Gasteiger partial charge in [-0.3, -0.25) is 0 Å². The fraction of sp³-hybridized carbons (Fsp3) is 0.800. The van der Waals surface area contributed by atoms with Crippen LogP contribution < -0.4 is 0 Å². The van der Waals surface area contributed by atoms with Crippen LogP contribution in [0.3, 0.4) is 0 Å². The second-order valence-corrected chi connectivity index (χ2v) is 7.86. The highest BCUT2D eigenvalue weighted by Crippen LogP contribution is 2.43. The van der Waals surface area contributed by atoms with E-state index in [-0.39, 0.29) is 0 Å². The van der Waals surface area contributed by atoms with Crippen molar-refractivity contribution in [1.29, 1.82) is 0 Å². The van der Waals surface area contributed by atoms with Crippen molar-refractivity contribution in [2.24, 2.45) is 11.8 Å². The Bertz CT molecular complexity index is 545. The second-order valence-electron chi connectivity index (χ2n) is 7.86. The van der Waals surface area contributed by atoms with Crippen LogP contribution in [-0.2, 0) is 10.9 Å². The van der Waals surface area contributed by atoms with Gasteiger partial charge in [-0.1, -0.05) is 6.92 Å². The SMILES string of the molecule is CCCOC1CCC(C2CCC(c3cnc(C(F)(F)F)nc3)CC2)CC1. The monoisotopic (exact) mass is 370 g/mol. The van der Waals surface area contributed by atoms with Crippen LogP contribution >= 0.6 is 0 Å². The zero-order valence-electron chi connectivity index (χ0n) is 15.5. The maximum absolute atomic E-state index is 12.6. The van der Waals surface area contributed by atoms with Gasteiger partial charge in [0.05, 0.1) is 6.10 Å².